The maximum absolute atomic E-state index is 12.8. The summed E-state index contributed by atoms with van der Waals surface area (Å²) >= 11 is 0. The average molecular weight is 879 g/mol. The van der Waals surface area contributed by atoms with Crippen molar-refractivity contribution in [3.63, 3.8) is 0 Å². The maximum atomic E-state index is 12.8. The first kappa shape index (κ1) is 59.9. The molecule has 0 fully saturated rings. The van der Waals surface area contributed by atoms with E-state index in [0.29, 0.717) is 19.3 Å². The highest BCUT2D eigenvalue weighted by Crippen LogP contribution is 2.14. The van der Waals surface area contributed by atoms with Crippen LogP contribution in [0.25, 0.3) is 0 Å². The van der Waals surface area contributed by atoms with Gasteiger partial charge in [-0.05, 0) is 89.9 Å². The Balaban J connectivity index is 4.44. The Bertz CT molecular complexity index is 1190. The third-order valence-electron chi connectivity index (χ3n) is 11.2. The summed E-state index contributed by atoms with van der Waals surface area (Å²) in [4.78, 5) is 38.0. The number of allylic oxidation sites excluding steroid dienone is 12. The molecular formula is C57H98O6. The number of ether oxygens (including phenoxy) is 3. The van der Waals surface area contributed by atoms with Crippen molar-refractivity contribution in [1.29, 1.82) is 0 Å². The van der Waals surface area contributed by atoms with Gasteiger partial charge in [0, 0.05) is 19.3 Å². The first-order chi connectivity index (χ1) is 31.0. The Morgan fingerprint density at radius 3 is 1.00 bits per heavy atom. The van der Waals surface area contributed by atoms with Gasteiger partial charge in [0.05, 0.1) is 0 Å². The second-order valence-corrected chi connectivity index (χ2v) is 17.4. The quantitative estimate of drug-likeness (QED) is 0.0262. The van der Waals surface area contributed by atoms with Gasteiger partial charge in [-0.15, -0.1) is 0 Å². The summed E-state index contributed by atoms with van der Waals surface area (Å²) in [6, 6.07) is 0. The summed E-state index contributed by atoms with van der Waals surface area (Å²) in [5.41, 5.74) is 0. The van der Waals surface area contributed by atoms with Crippen molar-refractivity contribution < 1.29 is 28.6 Å². The third kappa shape index (κ3) is 49.7. The first-order valence-electron chi connectivity index (χ1n) is 26.4. The highest BCUT2D eigenvalue weighted by Gasteiger charge is 2.19. The summed E-state index contributed by atoms with van der Waals surface area (Å²) in [5, 5.41) is 0. The van der Waals surface area contributed by atoms with E-state index in [1.807, 2.05) is 0 Å². The zero-order valence-electron chi connectivity index (χ0n) is 41.3. The van der Waals surface area contributed by atoms with Gasteiger partial charge in [-0.2, -0.15) is 0 Å². The van der Waals surface area contributed by atoms with E-state index in [9.17, 15) is 14.4 Å². The fourth-order valence-electron chi connectivity index (χ4n) is 7.23. The van der Waals surface area contributed by atoms with Gasteiger partial charge in [0.2, 0.25) is 0 Å². The van der Waals surface area contributed by atoms with Crippen molar-refractivity contribution in [1.82, 2.24) is 0 Å². The molecule has 0 aliphatic rings. The Kier molecular flexibility index (Phi) is 48.9. The van der Waals surface area contributed by atoms with Crippen LogP contribution in [0.4, 0.5) is 0 Å². The molecule has 0 amide bonds. The van der Waals surface area contributed by atoms with Gasteiger partial charge in [0.1, 0.15) is 13.2 Å². The Hall–Kier alpha value is -3.15. The van der Waals surface area contributed by atoms with Crippen LogP contribution in [-0.4, -0.2) is 37.2 Å². The van der Waals surface area contributed by atoms with E-state index in [2.05, 4.69) is 93.7 Å². The third-order valence-corrected chi connectivity index (χ3v) is 11.2. The van der Waals surface area contributed by atoms with Crippen LogP contribution in [0.2, 0.25) is 0 Å². The van der Waals surface area contributed by atoms with Crippen LogP contribution in [0.3, 0.4) is 0 Å². The van der Waals surface area contributed by atoms with E-state index in [4.69, 9.17) is 14.2 Å². The Morgan fingerprint density at radius 1 is 0.333 bits per heavy atom. The zero-order chi connectivity index (χ0) is 45.8. The topological polar surface area (TPSA) is 78.9 Å². The summed E-state index contributed by atoms with van der Waals surface area (Å²) in [6.45, 7) is 6.48. The summed E-state index contributed by atoms with van der Waals surface area (Å²) < 4.78 is 16.8. The number of carbonyl (C=O) groups excluding carboxylic acids is 3. The minimum Gasteiger partial charge on any atom is -0.462 e. The Labute approximate surface area is 389 Å². The number of esters is 3. The van der Waals surface area contributed by atoms with Crippen molar-refractivity contribution in [2.75, 3.05) is 13.2 Å². The molecular weight excluding hydrogens is 781 g/mol. The van der Waals surface area contributed by atoms with E-state index < -0.39 is 6.10 Å². The Morgan fingerprint density at radius 2 is 0.619 bits per heavy atom. The molecule has 1 atom stereocenters. The van der Waals surface area contributed by atoms with Crippen LogP contribution in [-0.2, 0) is 28.6 Å². The number of hydrogen-bond donors (Lipinski definition) is 0. The molecule has 0 spiro atoms. The highest BCUT2D eigenvalue weighted by atomic mass is 16.6. The molecule has 362 valence electrons. The van der Waals surface area contributed by atoms with Crippen molar-refractivity contribution >= 4 is 17.9 Å². The van der Waals surface area contributed by atoms with E-state index in [-0.39, 0.29) is 31.1 Å². The van der Waals surface area contributed by atoms with Crippen molar-refractivity contribution in [3.05, 3.63) is 72.9 Å². The van der Waals surface area contributed by atoms with E-state index in [0.717, 1.165) is 109 Å². The fraction of sp³-hybridized carbons (Fsp3) is 0.737. The predicted molar refractivity (Wildman–Crippen MR) is 270 cm³/mol. The molecule has 0 aliphatic heterocycles. The molecule has 0 aromatic carbocycles. The molecule has 0 saturated carbocycles. The van der Waals surface area contributed by atoms with Gasteiger partial charge < -0.3 is 14.2 Å². The largest absolute Gasteiger partial charge is 0.462 e. The van der Waals surface area contributed by atoms with Gasteiger partial charge in [-0.1, -0.05) is 216 Å². The summed E-state index contributed by atoms with van der Waals surface area (Å²) in [6.07, 6.45) is 64.6. The summed E-state index contributed by atoms with van der Waals surface area (Å²) in [5.74, 6) is -0.937. The SMILES string of the molecule is CC/C=C\C/C=C\C/C=C\C/C=C\C/C=C\CCCCCC(=O)OCC(COC(=O)CCCCCCCCCCCCCC)OC(=O)CCCCC/C=C\CCCCCCCCC. The molecule has 6 heteroatoms. The molecule has 0 saturated heterocycles. The normalized spacial score (nSPS) is 12.6. The lowest BCUT2D eigenvalue weighted by atomic mass is 10.0. The molecule has 0 bridgehead atoms. The second kappa shape index (κ2) is 51.5. The second-order valence-electron chi connectivity index (χ2n) is 17.4. The molecule has 0 heterocycles. The zero-order valence-corrected chi connectivity index (χ0v) is 41.3. The molecule has 63 heavy (non-hydrogen) atoms. The summed E-state index contributed by atoms with van der Waals surface area (Å²) in [7, 11) is 0. The first-order valence-corrected chi connectivity index (χ1v) is 26.4. The number of hydrogen-bond acceptors (Lipinski definition) is 6. The number of unbranched alkanes of at least 4 members (excludes halogenated alkanes) is 24. The number of carbonyl (C=O) groups is 3. The smallest absolute Gasteiger partial charge is 0.306 e. The lowest BCUT2D eigenvalue weighted by Crippen LogP contribution is -2.30. The lowest BCUT2D eigenvalue weighted by molar-refractivity contribution is -0.167. The van der Waals surface area contributed by atoms with Crippen molar-refractivity contribution in [2.24, 2.45) is 0 Å². The van der Waals surface area contributed by atoms with E-state index >= 15 is 0 Å². The highest BCUT2D eigenvalue weighted by molar-refractivity contribution is 5.71. The lowest BCUT2D eigenvalue weighted by Gasteiger charge is -2.18. The minimum atomic E-state index is -0.794. The molecule has 0 aromatic rings. The molecule has 6 nitrogen and oxygen atoms in total. The van der Waals surface area contributed by atoms with Gasteiger partial charge in [-0.25, -0.2) is 0 Å². The molecule has 0 aromatic heterocycles. The molecule has 1 unspecified atom stereocenters. The van der Waals surface area contributed by atoms with E-state index in [1.165, 1.54) is 103 Å². The van der Waals surface area contributed by atoms with Crippen LogP contribution in [0, 0.1) is 0 Å². The molecule has 0 radical (unpaired) electrons. The van der Waals surface area contributed by atoms with Crippen LogP contribution < -0.4 is 0 Å². The van der Waals surface area contributed by atoms with Gasteiger partial charge in [0.15, 0.2) is 6.10 Å². The maximum Gasteiger partial charge on any atom is 0.306 e. The fourth-order valence-corrected chi connectivity index (χ4v) is 7.23. The molecule has 0 rings (SSSR count). The standard InChI is InChI=1S/C57H98O6/c1-4-7-10-13-16-19-22-25-27-28-29-30-31-33-35-38-41-44-47-50-56(59)62-53-54(52-61-55(58)49-46-43-40-37-34-24-21-18-15-12-9-6-3)63-57(60)51-48-45-42-39-36-32-26-23-20-17-14-11-8-5-2/h7,10,16,19,25,27,29-30,32-33,35-36,54H,4-6,8-9,11-15,17-18,20-24,26,28,31,34,37-53H2,1-3H3/b10-7-,19-16-,27-25-,30-29-,35-33-,36-32-. The van der Waals surface area contributed by atoms with Crippen LogP contribution in [0.1, 0.15) is 252 Å². The molecule has 0 aliphatic carbocycles. The monoisotopic (exact) mass is 879 g/mol. The number of rotatable bonds is 47. The minimum absolute atomic E-state index is 0.0904. The van der Waals surface area contributed by atoms with Crippen LogP contribution >= 0.6 is 0 Å². The average Bonchev–Trinajstić information content (AvgIpc) is 3.28. The van der Waals surface area contributed by atoms with Gasteiger partial charge >= 0.3 is 17.9 Å². The van der Waals surface area contributed by atoms with Crippen LogP contribution in [0.15, 0.2) is 72.9 Å². The van der Waals surface area contributed by atoms with Gasteiger partial charge in [0.25, 0.3) is 0 Å². The van der Waals surface area contributed by atoms with Crippen LogP contribution in [0.5, 0.6) is 0 Å². The van der Waals surface area contributed by atoms with Crippen molar-refractivity contribution in [2.45, 2.75) is 258 Å². The van der Waals surface area contributed by atoms with Gasteiger partial charge in [-0.3, -0.25) is 14.4 Å². The van der Waals surface area contributed by atoms with Crippen molar-refractivity contribution in [3.8, 4) is 0 Å². The predicted octanol–water partition coefficient (Wildman–Crippen LogP) is 17.4. The molecule has 0 N–H and O–H groups in total. The van der Waals surface area contributed by atoms with E-state index in [1.54, 1.807) is 0 Å².